The lowest BCUT2D eigenvalue weighted by atomic mass is 10.0. The van der Waals surface area contributed by atoms with Crippen LogP contribution in [0.1, 0.15) is 45.2 Å². The summed E-state index contributed by atoms with van der Waals surface area (Å²) in [6.45, 7) is 6.70. The lowest BCUT2D eigenvalue weighted by molar-refractivity contribution is 0.212. The zero-order valence-corrected chi connectivity index (χ0v) is 13.0. The highest BCUT2D eigenvalue weighted by atomic mass is 16.3. The van der Waals surface area contributed by atoms with Crippen LogP contribution >= 0.6 is 0 Å². The van der Waals surface area contributed by atoms with Crippen molar-refractivity contribution in [1.29, 1.82) is 0 Å². The number of aliphatic hydroxyl groups is 1. The molecule has 2 rings (SSSR count). The molecule has 0 fully saturated rings. The van der Waals surface area contributed by atoms with E-state index in [0.29, 0.717) is 12.5 Å². The minimum Gasteiger partial charge on any atom is -0.396 e. The third kappa shape index (κ3) is 5.70. The Morgan fingerprint density at radius 3 is 2.50 bits per heavy atom. The van der Waals surface area contributed by atoms with Crippen molar-refractivity contribution in [3.63, 3.8) is 0 Å². The van der Waals surface area contributed by atoms with Gasteiger partial charge in [0.05, 0.1) is 5.52 Å². The number of aromatic nitrogens is 1. The zero-order chi connectivity index (χ0) is 14.8. The number of hydrogen-bond donors (Lipinski definition) is 1. The summed E-state index contributed by atoms with van der Waals surface area (Å²) in [6.07, 6.45) is 4.83. The molecule has 20 heavy (non-hydrogen) atoms. The van der Waals surface area contributed by atoms with Crippen LogP contribution in [0.3, 0.4) is 0 Å². The lowest BCUT2D eigenvalue weighted by Crippen LogP contribution is -2.03. The monoisotopic (exact) mass is 273 g/mol. The Bertz CT molecular complexity index is 491. The van der Waals surface area contributed by atoms with Gasteiger partial charge in [-0.05, 0) is 31.4 Å². The van der Waals surface area contributed by atoms with Crippen LogP contribution in [0.25, 0.3) is 10.9 Å². The fourth-order valence-electron chi connectivity index (χ4n) is 2.09. The first kappa shape index (κ1) is 16.6. The number of benzene rings is 1. The molecule has 1 heterocycles. The molecule has 0 saturated heterocycles. The van der Waals surface area contributed by atoms with Crippen molar-refractivity contribution in [3.8, 4) is 0 Å². The Labute approximate surface area is 122 Å². The molecule has 0 saturated carbocycles. The first-order valence-corrected chi connectivity index (χ1v) is 7.64. The molecule has 0 aliphatic rings. The molecule has 110 valence electrons. The molecule has 1 atom stereocenters. The second-order valence-electron chi connectivity index (χ2n) is 5.24. The van der Waals surface area contributed by atoms with E-state index >= 15 is 0 Å². The van der Waals surface area contributed by atoms with Crippen LogP contribution in [0.5, 0.6) is 0 Å². The molecule has 2 aromatic rings. The van der Waals surface area contributed by atoms with Crippen molar-refractivity contribution < 1.29 is 5.11 Å². The summed E-state index contributed by atoms with van der Waals surface area (Å²) in [5.41, 5.74) is 2.15. The third-order valence-corrected chi connectivity index (χ3v) is 3.54. The minimum absolute atomic E-state index is 0.372. The number of rotatable bonds is 5. The van der Waals surface area contributed by atoms with Crippen LogP contribution in [0.4, 0.5) is 0 Å². The van der Waals surface area contributed by atoms with Crippen molar-refractivity contribution in [2.24, 2.45) is 5.92 Å². The van der Waals surface area contributed by atoms with Crippen molar-refractivity contribution in [2.45, 2.75) is 46.5 Å². The number of aryl methyl sites for hydroxylation is 1. The Hall–Kier alpha value is -1.41. The van der Waals surface area contributed by atoms with Crippen molar-refractivity contribution in [3.05, 3.63) is 42.1 Å². The molecule has 0 amide bonds. The van der Waals surface area contributed by atoms with Crippen LogP contribution in [0, 0.1) is 12.8 Å². The third-order valence-electron chi connectivity index (χ3n) is 3.54. The first-order valence-electron chi connectivity index (χ1n) is 7.64. The second-order valence-corrected chi connectivity index (χ2v) is 5.24. The van der Waals surface area contributed by atoms with Gasteiger partial charge in [0, 0.05) is 17.7 Å². The summed E-state index contributed by atoms with van der Waals surface area (Å²) >= 11 is 0. The van der Waals surface area contributed by atoms with Gasteiger partial charge in [-0.1, -0.05) is 57.4 Å². The van der Waals surface area contributed by atoms with Gasteiger partial charge < -0.3 is 5.11 Å². The maximum Gasteiger partial charge on any atom is 0.0705 e. The summed E-state index contributed by atoms with van der Waals surface area (Å²) in [6, 6.07) is 12.3. The topological polar surface area (TPSA) is 33.1 Å². The maximum atomic E-state index is 8.75. The molecule has 0 aliphatic carbocycles. The number of para-hydroxylation sites is 1. The van der Waals surface area contributed by atoms with E-state index in [1.54, 1.807) is 0 Å². The van der Waals surface area contributed by atoms with Gasteiger partial charge in [0.25, 0.3) is 0 Å². The van der Waals surface area contributed by atoms with E-state index in [9.17, 15) is 0 Å². The molecule has 0 radical (unpaired) electrons. The second kappa shape index (κ2) is 9.49. The average molecular weight is 273 g/mol. The molecule has 2 heteroatoms. The Morgan fingerprint density at radius 2 is 1.85 bits per heavy atom. The van der Waals surface area contributed by atoms with Crippen molar-refractivity contribution in [1.82, 2.24) is 4.98 Å². The quantitative estimate of drug-likeness (QED) is 0.853. The first-order chi connectivity index (χ1) is 9.71. The van der Waals surface area contributed by atoms with E-state index in [-0.39, 0.29) is 0 Å². The van der Waals surface area contributed by atoms with Crippen molar-refractivity contribution >= 4 is 10.9 Å². The normalized spacial score (nSPS) is 11.8. The largest absolute Gasteiger partial charge is 0.396 e. The van der Waals surface area contributed by atoms with Gasteiger partial charge >= 0.3 is 0 Å². The lowest BCUT2D eigenvalue weighted by Gasteiger charge is -2.08. The highest BCUT2D eigenvalue weighted by molar-refractivity contribution is 5.78. The molecular formula is C18H27NO. The number of nitrogens with zero attached hydrogens (tertiary/aromatic N) is 1. The number of aliphatic hydroxyl groups excluding tert-OH is 1. The molecular weight excluding hydrogens is 246 g/mol. The number of unbranched alkanes of at least 4 members (excludes halogenated alkanes) is 1. The summed E-state index contributed by atoms with van der Waals surface area (Å²) in [5, 5.41) is 9.96. The summed E-state index contributed by atoms with van der Waals surface area (Å²) in [5.74, 6) is 0.560. The molecule has 0 spiro atoms. The fraction of sp³-hybridized carbons (Fsp3) is 0.500. The number of fused-ring (bicyclic) bond motifs is 1. The summed E-state index contributed by atoms with van der Waals surface area (Å²) in [7, 11) is 0. The van der Waals surface area contributed by atoms with Crippen LogP contribution in [0.2, 0.25) is 0 Å². The maximum absolute atomic E-state index is 8.75. The smallest absolute Gasteiger partial charge is 0.0705 e. The summed E-state index contributed by atoms with van der Waals surface area (Å²) < 4.78 is 0. The van der Waals surface area contributed by atoms with E-state index in [2.05, 4.69) is 31.0 Å². The minimum atomic E-state index is 0.372. The average Bonchev–Trinajstić information content (AvgIpc) is 2.49. The molecule has 2 nitrogen and oxygen atoms in total. The molecule has 1 N–H and O–H groups in total. The Kier molecular flexibility index (Phi) is 7.89. The van der Waals surface area contributed by atoms with Crippen LogP contribution in [-0.4, -0.2) is 16.7 Å². The van der Waals surface area contributed by atoms with Gasteiger partial charge in [-0.3, -0.25) is 4.98 Å². The van der Waals surface area contributed by atoms with Crippen LogP contribution in [-0.2, 0) is 0 Å². The van der Waals surface area contributed by atoms with Crippen LogP contribution < -0.4 is 0 Å². The van der Waals surface area contributed by atoms with E-state index in [1.807, 2.05) is 31.2 Å². The molecule has 0 bridgehead atoms. The highest BCUT2D eigenvalue weighted by Gasteiger charge is 2.01. The van der Waals surface area contributed by atoms with E-state index in [0.717, 1.165) is 17.6 Å². The van der Waals surface area contributed by atoms with E-state index in [4.69, 9.17) is 5.11 Å². The highest BCUT2D eigenvalue weighted by Crippen LogP contribution is 2.11. The van der Waals surface area contributed by atoms with Gasteiger partial charge in [0.2, 0.25) is 0 Å². The number of hydrogen-bond acceptors (Lipinski definition) is 2. The van der Waals surface area contributed by atoms with Gasteiger partial charge in [-0.25, -0.2) is 0 Å². The predicted molar refractivity (Wildman–Crippen MR) is 86.9 cm³/mol. The zero-order valence-electron chi connectivity index (χ0n) is 13.0. The molecule has 1 unspecified atom stereocenters. The molecule has 0 aliphatic heterocycles. The van der Waals surface area contributed by atoms with Gasteiger partial charge in [-0.2, -0.15) is 0 Å². The summed E-state index contributed by atoms with van der Waals surface area (Å²) in [4.78, 5) is 4.38. The van der Waals surface area contributed by atoms with Crippen molar-refractivity contribution in [2.75, 3.05) is 6.61 Å². The van der Waals surface area contributed by atoms with Gasteiger partial charge in [0.15, 0.2) is 0 Å². The molecule has 1 aromatic heterocycles. The van der Waals surface area contributed by atoms with Gasteiger partial charge in [-0.15, -0.1) is 0 Å². The fourth-order valence-corrected chi connectivity index (χ4v) is 2.09. The van der Waals surface area contributed by atoms with Gasteiger partial charge in [0.1, 0.15) is 0 Å². The predicted octanol–water partition coefficient (Wildman–Crippen LogP) is 4.74. The molecule has 1 aromatic carbocycles. The number of pyridine rings is 1. The Balaban J connectivity index is 0.000000206. The van der Waals surface area contributed by atoms with E-state index in [1.165, 1.54) is 24.6 Å². The standard InChI is InChI=1S/C10H9N.C8H18O/c1-8-6-7-9-4-2-3-5-10(9)11-8;1-3-5-6-8(4-2)7-9/h2-7H,1H3;8-9H,3-7H2,1-2H3. The van der Waals surface area contributed by atoms with E-state index < -0.39 is 0 Å². The Morgan fingerprint density at radius 1 is 1.10 bits per heavy atom. The van der Waals surface area contributed by atoms with Crippen LogP contribution in [0.15, 0.2) is 36.4 Å². The SMILES string of the molecule is CCCCC(CC)CO.Cc1ccc2ccccc2n1.